The van der Waals surface area contributed by atoms with Gasteiger partial charge in [0, 0.05) is 10.6 Å². The highest BCUT2D eigenvalue weighted by molar-refractivity contribution is 6.31. The Balaban J connectivity index is 1.94. The first-order valence-electron chi connectivity index (χ1n) is 9.86. The molecule has 33 heavy (non-hydrogen) atoms. The van der Waals surface area contributed by atoms with E-state index < -0.39 is 11.5 Å². The largest absolute Gasteiger partial charge is 0.504 e. The zero-order valence-corrected chi connectivity index (χ0v) is 18.8. The molecule has 0 radical (unpaired) electrons. The number of aromatic hydroxyl groups is 1. The van der Waals surface area contributed by atoms with Crippen LogP contribution >= 0.6 is 11.6 Å². The number of hydrogen-bond acceptors (Lipinski definition) is 7. The molecule has 2 aromatic carbocycles. The molecule has 0 aliphatic rings. The third kappa shape index (κ3) is 5.02. The number of aromatic nitrogens is 2. The number of carbonyl (C=O) groups is 1. The number of benzene rings is 2. The van der Waals surface area contributed by atoms with E-state index in [1.165, 1.54) is 25.3 Å². The van der Waals surface area contributed by atoms with E-state index in [1.54, 1.807) is 38.1 Å². The summed E-state index contributed by atoms with van der Waals surface area (Å²) in [6.45, 7) is 5.43. The number of nitrogens with zero attached hydrogens (tertiary/aromatic N) is 4. The molecule has 2 N–H and O–H groups in total. The quantitative estimate of drug-likeness (QED) is 0.424. The summed E-state index contributed by atoms with van der Waals surface area (Å²) in [5, 5.41) is 27.7. The second-order valence-electron chi connectivity index (χ2n) is 6.97. The molecular formula is C23H20ClN5O4. The molecule has 0 bridgehead atoms. The number of nitriles is 1. The first kappa shape index (κ1) is 23.5. The number of aryl methyl sites for hydroxylation is 1. The van der Waals surface area contributed by atoms with Crippen molar-refractivity contribution in [1.82, 2.24) is 15.2 Å². The highest BCUT2D eigenvalue weighted by atomic mass is 35.5. The fourth-order valence-corrected chi connectivity index (χ4v) is 3.12. The van der Waals surface area contributed by atoms with Crippen LogP contribution in [-0.2, 0) is 0 Å². The van der Waals surface area contributed by atoms with E-state index in [0.29, 0.717) is 22.9 Å². The normalized spacial score (nSPS) is 10.8. The van der Waals surface area contributed by atoms with Crippen molar-refractivity contribution >= 4 is 23.7 Å². The fraction of sp³-hybridized carbons (Fsp3) is 0.174. The van der Waals surface area contributed by atoms with Crippen LogP contribution in [0.5, 0.6) is 11.5 Å². The predicted molar refractivity (Wildman–Crippen MR) is 123 cm³/mol. The zero-order chi connectivity index (χ0) is 24.1. The Morgan fingerprint density at radius 2 is 2.09 bits per heavy atom. The highest BCUT2D eigenvalue weighted by Gasteiger charge is 2.20. The Morgan fingerprint density at radius 3 is 2.76 bits per heavy atom. The van der Waals surface area contributed by atoms with Crippen molar-refractivity contribution in [2.75, 3.05) is 6.61 Å². The number of rotatable bonds is 6. The van der Waals surface area contributed by atoms with Gasteiger partial charge >= 0.3 is 0 Å². The number of hydrazone groups is 1. The van der Waals surface area contributed by atoms with Gasteiger partial charge in [-0.25, -0.2) is 5.43 Å². The standard InChI is InChI=1S/C23H20ClN5O4/c1-4-33-20-9-15(6-8-19(20)30)12-26-27-22(31)21-14(3)17(11-25)23(32)29(28-21)16-7-5-13(2)18(24)10-16/h5-10,12,30H,4H2,1-3H3,(H,27,31)/b26-12-. The predicted octanol–water partition coefficient (Wildman–Crippen LogP) is 3.24. The third-order valence-corrected chi connectivity index (χ3v) is 5.13. The van der Waals surface area contributed by atoms with E-state index in [1.807, 2.05) is 6.07 Å². The summed E-state index contributed by atoms with van der Waals surface area (Å²) >= 11 is 6.16. The molecule has 0 atom stereocenters. The molecule has 0 fully saturated rings. The molecule has 0 saturated carbocycles. The number of phenols is 1. The van der Waals surface area contributed by atoms with Crippen LogP contribution in [0.15, 0.2) is 46.3 Å². The van der Waals surface area contributed by atoms with Crippen LogP contribution in [0.2, 0.25) is 5.02 Å². The van der Waals surface area contributed by atoms with Gasteiger partial charge in [-0.2, -0.15) is 20.1 Å². The van der Waals surface area contributed by atoms with Crippen LogP contribution in [0.25, 0.3) is 5.69 Å². The first-order valence-corrected chi connectivity index (χ1v) is 10.2. The van der Waals surface area contributed by atoms with Gasteiger partial charge in [-0.3, -0.25) is 9.59 Å². The maximum absolute atomic E-state index is 12.8. The summed E-state index contributed by atoms with van der Waals surface area (Å²) in [6.07, 6.45) is 1.36. The molecule has 1 heterocycles. The smallest absolute Gasteiger partial charge is 0.292 e. The average molecular weight is 466 g/mol. The number of ether oxygens (including phenoxy) is 1. The molecule has 0 unspecified atom stereocenters. The number of phenolic OH excluding ortho intramolecular Hbond substituents is 1. The van der Waals surface area contributed by atoms with Crippen molar-refractivity contribution in [2.24, 2.45) is 5.10 Å². The SMILES string of the molecule is CCOc1cc(/C=N\NC(=O)c2nn(-c3ccc(C)c(Cl)c3)c(=O)c(C#N)c2C)ccc1O. The van der Waals surface area contributed by atoms with Gasteiger partial charge in [-0.15, -0.1) is 0 Å². The lowest BCUT2D eigenvalue weighted by Crippen LogP contribution is -2.31. The average Bonchev–Trinajstić information content (AvgIpc) is 2.78. The lowest BCUT2D eigenvalue weighted by molar-refractivity contribution is 0.0947. The van der Waals surface area contributed by atoms with Crippen LogP contribution in [0.4, 0.5) is 0 Å². The van der Waals surface area contributed by atoms with Gasteiger partial charge in [-0.1, -0.05) is 17.7 Å². The number of amides is 1. The molecule has 0 spiro atoms. The molecule has 0 aliphatic carbocycles. The molecule has 0 saturated heterocycles. The monoisotopic (exact) mass is 465 g/mol. The van der Waals surface area contributed by atoms with Crippen molar-refractivity contribution in [3.8, 4) is 23.3 Å². The van der Waals surface area contributed by atoms with Crippen LogP contribution < -0.4 is 15.7 Å². The van der Waals surface area contributed by atoms with Crippen molar-refractivity contribution in [1.29, 1.82) is 5.26 Å². The van der Waals surface area contributed by atoms with Crippen molar-refractivity contribution in [2.45, 2.75) is 20.8 Å². The van der Waals surface area contributed by atoms with Crippen molar-refractivity contribution in [3.63, 3.8) is 0 Å². The Kier molecular flexibility index (Phi) is 7.10. The topological polar surface area (TPSA) is 130 Å². The van der Waals surface area contributed by atoms with Crippen LogP contribution in [0.3, 0.4) is 0 Å². The fourth-order valence-electron chi connectivity index (χ4n) is 2.94. The molecule has 1 aromatic heterocycles. The van der Waals surface area contributed by atoms with E-state index >= 15 is 0 Å². The Morgan fingerprint density at radius 1 is 1.33 bits per heavy atom. The van der Waals surface area contributed by atoms with Gasteiger partial charge in [0.15, 0.2) is 17.2 Å². The Labute approximate surface area is 194 Å². The van der Waals surface area contributed by atoms with Crippen LogP contribution in [0, 0.1) is 25.2 Å². The van der Waals surface area contributed by atoms with E-state index in [9.17, 15) is 20.0 Å². The lowest BCUT2D eigenvalue weighted by atomic mass is 10.1. The molecule has 0 aliphatic heterocycles. The Bertz CT molecular complexity index is 1360. The molecule has 3 aromatic rings. The summed E-state index contributed by atoms with van der Waals surface area (Å²) < 4.78 is 6.28. The minimum absolute atomic E-state index is 0.0136. The molecule has 168 valence electrons. The Hall–Kier alpha value is -4.16. The molecule has 10 heteroatoms. The second-order valence-corrected chi connectivity index (χ2v) is 7.38. The lowest BCUT2D eigenvalue weighted by Gasteiger charge is -2.11. The second kappa shape index (κ2) is 9.97. The van der Waals surface area contributed by atoms with E-state index in [-0.39, 0.29) is 28.3 Å². The summed E-state index contributed by atoms with van der Waals surface area (Å²) in [5.74, 6) is -0.441. The van der Waals surface area contributed by atoms with Gasteiger partial charge in [0.05, 0.1) is 18.5 Å². The number of nitrogens with one attached hydrogen (secondary N) is 1. The zero-order valence-electron chi connectivity index (χ0n) is 18.1. The van der Waals surface area contributed by atoms with Gasteiger partial charge in [0.2, 0.25) is 0 Å². The summed E-state index contributed by atoms with van der Waals surface area (Å²) in [7, 11) is 0. The number of carbonyl (C=O) groups excluding carboxylic acids is 1. The van der Waals surface area contributed by atoms with Crippen molar-refractivity contribution < 1.29 is 14.6 Å². The van der Waals surface area contributed by atoms with E-state index in [2.05, 4.69) is 15.6 Å². The summed E-state index contributed by atoms with van der Waals surface area (Å²) in [6, 6.07) is 11.3. The van der Waals surface area contributed by atoms with E-state index in [4.69, 9.17) is 16.3 Å². The van der Waals surface area contributed by atoms with Gasteiger partial charge in [0.1, 0.15) is 11.6 Å². The van der Waals surface area contributed by atoms with Gasteiger partial charge < -0.3 is 9.84 Å². The molecular weight excluding hydrogens is 446 g/mol. The van der Waals surface area contributed by atoms with Gasteiger partial charge in [0.25, 0.3) is 11.5 Å². The summed E-state index contributed by atoms with van der Waals surface area (Å²) in [5.41, 5.74) is 3.14. The van der Waals surface area contributed by atoms with Crippen molar-refractivity contribution in [3.05, 3.63) is 79.7 Å². The summed E-state index contributed by atoms with van der Waals surface area (Å²) in [4.78, 5) is 25.5. The molecule has 9 nitrogen and oxygen atoms in total. The molecule has 3 rings (SSSR count). The maximum atomic E-state index is 12.8. The number of hydrogen-bond donors (Lipinski definition) is 2. The third-order valence-electron chi connectivity index (χ3n) is 4.73. The first-order chi connectivity index (χ1) is 15.8. The highest BCUT2D eigenvalue weighted by Crippen LogP contribution is 2.26. The maximum Gasteiger partial charge on any atom is 0.292 e. The van der Waals surface area contributed by atoms with E-state index in [0.717, 1.165) is 10.2 Å². The van der Waals surface area contributed by atoms with Crippen LogP contribution in [0.1, 0.15) is 39.7 Å². The van der Waals surface area contributed by atoms with Gasteiger partial charge in [-0.05, 0) is 62.2 Å². The minimum Gasteiger partial charge on any atom is -0.504 e. The minimum atomic E-state index is -0.712. The number of halogens is 1. The molecule has 1 amide bonds. The van der Waals surface area contributed by atoms with Crippen LogP contribution in [-0.4, -0.2) is 33.6 Å².